The maximum absolute atomic E-state index is 6.51. The molecule has 0 aliphatic heterocycles. The first kappa shape index (κ1) is 64.3. The van der Waals surface area contributed by atoms with Crippen LogP contribution in [-0.4, -0.2) is 61.5 Å². The van der Waals surface area contributed by atoms with E-state index in [1.807, 2.05) is 0 Å². The highest BCUT2D eigenvalue weighted by Crippen LogP contribution is 2.65. The molecule has 0 heterocycles. The lowest BCUT2D eigenvalue weighted by Gasteiger charge is -2.57. The molecule has 16 fully saturated rings. The van der Waals surface area contributed by atoms with E-state index in [0.717, 1.165) is 90.1 Å². The molecule has 0 aromatic rings. The van der Waals surface area contributed by atoms with Gasteiger partial charge in [0.25, 0.3) is 0 Å². The second kappa shape index (κ2) is 25.9. The summed E-state index contributed by atoms with van der Waals surface area (Å²) < 4.78 is 31.6. The third kappa shape index (κ3) is 14.8. The Labute approximate surface area is 496 Å². The van der Waals surface area contributed by atoms with Crippen LogP contribution in [0.5, 0.6) is 0 Å². The van der Waals surface area contributed by atoms with Gasteiger partial charge in [-0.1, -0.05) is 103 Å². The molecule has 0 N–H and O–H groups in total. The van der Waals surface area contributed by atoms with E-state index >= 15 is 0 Å². The lowest BCUT2D eigenvalue weighted by Crippen LogP contribution is -2.53. The quantitative estimate of drug-likeness (QED) is 0.145. The van der Waals surface area contributed by atoms with E-state index in [1.165, 1.54) is 148 Å². The number of ether oxygens (including phenoxy) is 5. The zero-order chi connectivity index (χ0) is 57.9. The van der Waals surface area contributed by atoms with Crippen LogP contribution in [0.15, 0.2) is 0 Å². The van der Waals surface area contributed by atoms with Gasteiger partial charge in [0.1, 0.15) is 0 Å². The average molecular weight is 1120 g/mol. The maximum atomic E-state index is 6.51. The fourth-order valence-electron chi connectivity index (χ4n) is 21.6. The Morgan fingerprint density at radius 1 is 0.362 bits per heavy atom. The summed E-state index contributed by atoms with van der Waals surface area (Å²) in [6.07, 6.45) is 38.4. The van der Waals surface area contributed by atoms with Crippen molar-refractivity contribution in [3.05, 3.63) is 0 Å². The van der Waals surface area contributed by atoms with Crippen molar-refractivity contribution in [2.75, 3.05) is 13.2 Å². The van der Waals surface area contributed by atoms with E-state index < -0.39 is 0 Å². The number of fused-ring (bicyclic) bond motifs is 4. The van der Waals surface area contributed by atoms with Gasteiger partial charge < -0.3 is 23.7 Å². The Hall–Kier alpha value is -0.200. The summed E-state index contributed by atoms with van der Waals surface area (Å²) in [5, 5.41) is 0. The molecule has 5 heteroatoms. The van der Waals surface area contributed by atoms with Crippen LogP contribution in [0.1, 0.15) is 286 Å². The van der Waals surface area contributed by atoms with E-state index in [-0.39, 0.29) is 0 Å². The Morgan fingerprint density at radius 2 is 0.787 bits per heavy atom. The molecule has 11 atom stereocenters. The molecule has 16 saturated carbocycles. The van der Waals surface area contributed by atoms with Crippen LogP contribution >= 0.6 is 0 Å². The highest BCUT2D eigenvalue weighted by molar-refractivity contribution is 5.10. The molecular formula is C75H134O5. The average Bonchev–Trinajstić information content (AvgIpc) is 4.28. The summed E-state index contributed by atoms with van der Waals surface area (Å²) in [6, 6.07) is 0. The summed E-state index contributed by atoms with van der Waals surface area (Å²) in [5.41, 5.74) is 2.25. The number of hydrogen-bond donors (Lipinski definition) is 0. The molecule has 16 aliphatic carbocycles. The predicted octanol–water partition coefficient (Wildman–Crippen LogP) is 20.3. The smallest absolute Gasteiger partial charge is 0.0694 e. The number of hydrogen-bond acceptors (Lipinski definition) is 5. The van der Waals surface area contributed by atoms with Gasteiger partial charge in [0.15, 0.2) is 0 Å². The molecule has 0 amide bonds. The van der Waals surface area contributed by atoms with Crippen LogP contribution in [0.2, 0.25) is 0 Å². The van der Waals surface area contributed by atoms with Crippen molar-refractivity contribution in [1.29, 1.82) is 0 Å². The van der Waals surface area contributed by atoms with Crippen molar-refractivity contribution in [2.24, 2.45) is 128 Å². The topological polar surface area (TPSA) is 46.2 Å². The van der Waals surface area contributed by atoms with Crippen molar-refractivity contribution in [3.63, 3.8) is 0 Å². The third-order valence-electron chi connectivity index (χ3n) is 26.9. The Bertz CT molecular complexity index is 1830. The largest absolute Gasteiger partial charge is 0.378 e. The molecule has 0 aromatic heterocycles. The second-order valence-corrected chi connectivity index (χ2v) is 35.7. The molecule has 464 valence electrons. The molecule has 80 heavy (non-hydrogen) atoms. The zero-order valence-corrected chi connectivity index (χ0v) is 56.4. The highest BCUT2D eigenvalue weighted by Gasteiger charge is 2.61. The molecule has 16 aliphatic rings. The van der Waals surface area contributed by atoms with Gasteiger partial charge in [0.2, 0.25) is 0 Å². The normalized spacial score (nSPS) is 45.1. The van der Waals surface area contributed by atoms with Crippen molar-refractivity contribution in [3.8, 4) is 0 Å². The first-order chi connectivity index (χ1) is 37.5. The first-order valence-electron chi connectivity index (χ1n) is 35.8. The van der Waals surface area contributed by atoms with Crippen LogP contribution in [0.25, 0.3) is 0 Å². The van der Waals surface area contributed by atoms with Gasteiger partial charge in [-0.25, -0.2) is 0 Å². The van der Waals surface area contributed by atoms with Crippen molar-refractivity contribution < 1.29 is 23.7 Å². The molecule has 5 nitrogen and oxygen atoms in total. The second-order valence-electron chi connectivity index (χ2n) is 35.7. The van der Waals surface area contributed by atoms with E-state index in [0.29, 0.717) is 99.6 Å². The van der Waals surface area contributed by atoms with Gasteiger partial charge in [-0.05, 0) is 310 Å². The van der Waals surface area contributed by atoms with Crippen LogP contribution in [0.3, 0.4) is 0 Å². The van der Waals surface area contributed by atoms with Gasteiger partial charge in [-0.2, -0.15) is 0 Å². The van der Waals surface area contributed by atoms with Crippen LogP contribution in [0.4, 0.5) is 0 Å². The van der Waals surface area contributed by atoms with Gasteiger partial charge in [-0.15, -0.1) is 0 Å². The van der Waals surface area contributed by atoms with Crippen molar-refractivity contribution >= 4 is 0 Å². The summed E-state index contributed by atoms with van der Waals surface area (Å²) in [5.74, 6) is 16.3. The third-order valence-corrected chi connectivity index (χ3v) is 26.9. The van der Waals surface area contributed by atoms with Crippen LogP contribution in [0, 0.1) is 128 Å². The summed E-state index contributed by atoms with van der Waals surface area (Å²) in [4.78, 5) is 0. The van der Waals surface area contributed by atoms with Crippen LogP contribution < -0.4 is 0 Å². The molecule has 0 saturated heterocycles. The van der Waals surface area contributed by atoms with Crippen molar-refractivity contribution in [1.82, 2.24) is 0 Å². The summed E-state index contributed by atoms with van der Waals surface area (Å²) in [7, 11) is 0. The monoisotopic (exact) mass is 1120 g/mol. The minimum absolute atomic E-state index is 0.304. The van der Waals surface area contributed by atoms with Gasteiger partial charge in [-0.3, -0.25) is 0 Å². The SMILES string of the molecule is CC(C)[C@@H](C)OC12CC3CC(CC(C3)C1)C2.CC(C)[C@@H](C)OC1C2(C)CCC(C2)C1(C)C.CC(C)[C@@H](C)OC1C2CC3CC(C2)CC1C3.CC(C)[C@@H](C)OCC1(C)CC2CCC1C2.CC(C)[C@@H](C)OCC12CC3CC(CC(C3)C1)C2. The zero-order valence-electron chi connectivity index (χ0n) is 56.4. The van der Waals surface area contributed by atoms with E-state index in [1.54, 1.807) is 6.42 Å². The fraction of sp³-hybridized carbons (Fsp3) is 1.00. The lowest BCUT2D eigenvalue weighted by atomic mass is 9.50. The van der Waals surface area contributed by atoms with Gasteiger partial charge >= 0.3 is 0 Å². The number of rotatable bonds is 17. The first-order valence-corrected chi connectivity index (χ1v) is 35.8. The molecule has 6 unspecified atom stereocenters. The van der Waals surface area contributed by atoms with Gasteiger partial charge in [0.05, 0.1) is 61.5 Å². The standard InChI is InChI=1S/C16H28O.2C15H26O.C15H28O.C14H26O/c1-11(2)12(3)17-10-16-7-13-4-14(8-16)6-15(5-13)9-16;1-10(2)11(3)16-15-7-12-4-13(8-15)6-14(5-12)9-15;1-9(2)10(3)16-15-13-5-11-4-12(7-13)8-14(15)6-11;1-10(2)11(3)16-13-14(4,5)12-7-8-15(13,6)9-12;1-10(2)11(3)15-9-14(4)8-12-5-6-13(14)7-12/h11-15H,4-10H2,1-3H3;10-14H,4-9H2,1-3H3;9-15H,4-8H2,1-3H3;10-13H,7-9H2,1-6H3;10-13H,5-9H2,1-4H3/t12-,13?,14?,15?,16?;11-,12?,13?,14?,15?;10-,11?,12?,13?,14?,15?;11-,12?,13?,15?;11-,12?,13?,14?/m11111/s1. The minimum atomic E-state index is 0.304. The lowest BCUT2D eigenvalue weighted by molar-refractivity contribution is -0.191. The molecule has 0 radical (unpaired) electrons. The molecular weight excluding hydrogens is 981 g/mol. The van der Waals surface area contributed by atoms with E-state index in [2.05, 4.69) is 132 Å². The van der Waals surface area contributed by atoms with Gasteiger partial charge in [0, 0.05) is 0 Å². The Morgan fingerprint density at radius 3 is 1.19 bits per heavy atom. The molecule has 0 spiro atoms. The van der Waals surface area contributed by atoms with E-state index in [4.69, 9.17) is 23.7 Å². The fourth-order valence-corrected chi connectivity index (χ4v) is 21.6. The Kier molecular flexibility index (Phi) is 20.8. The predicted molar refractivity (Wildman–Crippen MR) is 336 cm³/mol. The molecule has 16 rings (SSSR count). The van der Waals surface area contributed by atoms with Crippen molar-refractivity contribution in [2.45, 2.75) is 334 Å². The molecule has 16 bridgehead atoms. The highest BCUT2D eigenvalue weighted by atomic mass is 16.5. The summed E-state index contributed by atoms with van der Waals surface area (Å²) >= 11 is 0. The Balaban J connectivity index is 0.000000121. The van der Waals surface area contributed by atoms with Crippen LogP contribution in [-0.2, 0) is 23.7 Å². The minimum Gasteiger partial charge on any atom is -0.378 e. The molecule has 0 aromatic carbocycles. The van der Waals surface area contributed by atoms with E-state index in [9.17, 15) is 0 Å². The maximum Gasteiger partial charge on any atom is 0.0694 e. The summed E-state index contributed by atoms with van der Waals surface area (Å²) in [6.45, 7) is 45.6.